The van der Waals surface area contributed by atoms with Gasteiger partial charge in [0.25, 0.3) is 17.7 Å². The first-order valence-corrected chi connectivity index (χ1v) is 9.87. The topological polar surface area (TPSA) is 84.0 Å². The van der Waals surface area contributed by atoms with Gasteiger partial charge >= 0.3 is 5.97 Å². The zero-order valence-corrected chi connectivity index (χ0v) is 16.8. The second-order valence-electron chi connectivity index (χ2n) is 7.76. The highest BCUT2D eigenvalue weighted by atomic mass is 16.5. The SMILES string of the molecule is C=CCN1C(=O)c2ccc(C(=O)OCC(=O)N(C)C3CCC(C)CC3)cc2C1=O. The molecule has 1 aliphatic carbocycles. The summed E-state index contributed by atoms with van der Waals surface area (Å²) in [7, 11) is 1.74. The van der Waals surface area contributed by atoms with Crippen molar-refractivity contribution in [1.82, 2.24) is 9.80 Å². The zero-order valence-electron chi connectivity index (χ0n) is 16.8. The van der Waals surface area contributed by atoms with E-state index in [1.54, 1.807) is 11.9 Å². The fraction of sp³-hybridized carbons (Fsp3) is 0.455. The lowest BCUT2D eigenvalue weighted by atomic mass is 9.87. The zero-order chi connectivity index (χ0) is 21.1. The maximum atomic E-state index is 12.4. The Balaban J connectivity index is 1.61. The molecule has 1 saturated carbocycles. The minimum Gasteiger partial charge on any atom is -0.452 e. The molecule has 0 bridgehead atoms. The molecule has 3 rings (SSSR count). The monoisotopic (exact) mass is 398 g/mol. The number of nitrogens with zero attached hydrogens (tertiary/aromatic N) is 2. The molecule has 3 amide bonds. The van der Waals surface area contributed by atoms with Gasteiger partial charge in [0.15, 0.2) is 6.61 Å². The Labute approximate surface area is 170 Å². The van der Waals surface area contributed by atoms with Crippen molar-refractivity contribution in [3.05, 3.63) is 47.5 Å². The van der Waals surface area contributed by atoms with Crippen molar-refractivity contribution in [3.63, 3.8) is 0 Å². The molecule has 154 valence electrons. The van der Waals surface area contributed by atoms with E-state index in [0.717, 1.165) is 30.6 Å². The largest absolute Gasteiger partial charge is 0.452 e. The van der Waals surface area contributed by atoms with Crippen molar-refractivity contribution < 1.29 is 23.9 Å². The number of esters is 1. The summed E-state index contributed by atoms with van der Waals surface area (Å²) in [6.45, 7) is 5.50. The van der Waals surface area contributed by atoms with Gasteiger partial charge < -0.3 is 9.64 Å². The van der Waals surface area contributed by atoms with Gasteiger partial charge in [-0.3, -0.25) is 19.3 Å². The average molecular weight is 398 g/mol. The summed E-state index contributed by atoms with van der Waals surface area (Å²) in [5.74, 6) is -1.15. The highest BCUT2D eigenvalue weighted by molar-refractivity contribution is 6.22. The summed E-state index contributed by atoms with van der Waals surface area (Å²) in [6, 6.07) is 4.39. The Morgan fingerprint density at radius 3 is 2.48 bits per heavy atom. The van der Waals surface area contributed by atoms with Crippen LogP contribution in [0.5, 0.6) is 0 Å². The molecule has 7 heteroatoms. The van der Waals surface area contributed by atoms with Crippen LogP contribution in [0.3, 0.4) is 0 Å². The van der Waals surface area contributed by atoms with Crippen molar-refractivity contribution >= 4 is 23.7 Å². The Kier molecular flexibility index (Phi) is 6.15. The van der Waals surface area contributed by atoms with Gasteiger partial charge in [-0.25, -0.2) is 4.79 Å². The lowest BCUT2D eigenvalue weighted by Crippen LogP contribution is -2.41. The van der Waals surface area contributed by atoms with Crippen LogP contribution >= 0.6 is 0 Å². The van der Waals surface area contributed by atoms with Crippen molar-refractivity contribution in [3.8, 4) is 0 Å². The van der Waals surface area contributed by atoms with Gasteiger partial charge in [0.2, 0.25) is 0 Å². The molecule has 1 aromatic carbocycles. The van der Waals surface area contributed by atoms with Crippen molar-refractivity contribution in [2.45, 2.75) is 38.6 Å². The third kappa shape index (κ3) is 4.23. The molecule has 0 unspecified atom stereocenters. The molecule has 1 fully saturated rings. The summed E-state index contributed by atoms with van der Waals surface area (Å²) < 4.78 is 5.16. The van der Waals surface area contributed by atoms with Gasteiger partial charge in [-0.2, -0.15) is 0 Å². The number of amides is 3. The van der Waals surface area contributed by atoms with Crippen LogP contribution in [0, 0.1) is 5.92 Å². The third-order valence-corrected chi connectivity index (χ3v) is 5.77. The average Bonchev–Trinajstić information content (AvgIpc) is 2.96. The highest BCUT2D eigenvalue weighted by Crippen LogP contribution is 2.27. The van der Waals surface area contributed by atoms with E-state index in [1.165, 1.54) is 24.3 Å². The van der Waals surface area contributed by atoms with E-state index in [-0.39, 0.29) is 41.8 Å². The van der Waals surface area contributed by atoms with Crippen LogP contribution in [-0.2, 0) is 9.53 Å². The predicted molar refractivity (Wildman–Crippen MR) is 106 cm³/mol. The van der Waals surface area contributed by atoms with E-state index in [9.17, 15) is 19.2 Å². The number of imide groups is 1. The van der Waals surface area contributed by atoms with E-state index in [2.05, 4.69) is 13.5 Å². The molecule has 0 spiro atoms. The Morgan fingerprint density at radius 1 is 1.17 bits per heavy atom. The number of likely N-dealkylation sites (N-methyl/N-ethyl adjacent to an activating group) is 1. The minimum absolute atomic E-state index is 0.104. The molecule has 0 saturated heterocycles. The van der Waals surface area contributed by atoms with Crippen LogP contribution in [0.15, 0.2) is 30.9 Å². The molecule has 29 heavy (non-hydrogen) atoms. The van der Waals surface area contributed by atoms with Crippen LogP contribution in [0.1, 0.15) is 63.7 Å². The number of carbonyl (C=O) groups is 4. The van der Waals surface area contributed by atoms with Crippen molar-refractivity contribution in [2.75, 3.05) is 20.2 Å². The number of hydrogen-bond donors (Lipinski definition) is 0. The lowest BCUT2D eigenvalue weighted by molar-refractivity contribution is -0.136. The standard InChI is InChI=1S/C22H26N2O5/c1-4-11-24-20(26)17-10-7-15(12-18(17)21(24)27)22(28)29-13-19(25)23(3)16-8-5-14(2)6-9-16/h4,7,10,12,14,16H,1,5-6,8-9,11,13H2,2-3H3. The first-order chi connectivity index (χ1) is 13.8. The fourth-order valence-electron chi connectivity index (χ4n) is 3.86. The molecule has 1 heterocycles. The molecule has 0 aromatic heterocycles. The number of benzene rings is 1. The first-order valence-electron chi connectivity index (χ1n) is 9.87. The fourth-order valence-corrected chi connectivity index (χ4v) is 3.86. The van der Waals surface area contributed by atoms with Crippen LogP contribution in [0.4, 0.5) is 0 Å². The normalized spacial score (nSPS) is 21.0. The molecular formula is C22H26N2O5. The van der Waals surface area contributed by atoms with Crippen molar-refractivity contribution in [1.29, 1.82) is 0 Å². The minimum atomic E-state index is -0.700. The molecular weight excluding hydrogens is 372 g/mol. The summed E-state index contributed by atoms with van der Waals surface area (Å²) in [5, 5.41) is 0. The van der Waals surface area contributed by atoms with E-state index in [1.807, 2.05) is 0 Å². The van der Waals surface area contributed by atoms with Gasteiger partial charge in [0, 0.05) is 19.6 Å². The number of rotatable bonds is 6. The Morgan fingerprint density at radius 2 is 1.83 bits per heavy atom. The van der Waals surface area contributed by atoms with Gasteiger partial charge in [-0.1, -0.05) is 13.0 Å². The second-order valence-corrected chi connectivity index (χ2v) is 7.76. The van der Waals surface area contributed by atoms with Crippen LogP contribution < -0.4 is 0 Å². The summed E-state index contributed by atoms with van der Waals surface area (Å²) in [6.07, 6.45) is 5.56. The van der Waals surface area contributed by atoms with E-state index in [4.69, 9.17) is 4.74 Å². The van der Waals surface area contributed by atoms with Gasteiger partial charge in [0.1, 0.15) is 0 Å². The third-order valence-electron chi connectivity index (χ3n) is 5.77. The number of hydrogen-bond acceptors (Lipinski definition) is 5. The number of carbonyl (C=O) groups excluding carboxylic acids is 4. The first kappa shape index (κ1) is 20.8. The smallest absolute Gasteiger partial charge is 0.338 e. The molecule has 0 radical (unpaired) electrons. The Hall–Kier alpha value is -2.96. The summed E-state index contributed by atoms with van der Waals surface area (Å²) in [4.78, 5) is 52.1. The van der Waals surface area contributed by atoms with Gasteiger partial charge in [-0.15, -0.1) is 6.58 Å². The van der Waals surface area contributed by atoms with Crippen LogP contribution in [0.2, 0.25) is 0 Å². The summed E-state index contributed by atoms with van der Waals surface area (Å²) in [5.41, 5.74) is 0.536. The maximum absolute atomic E-state index is 12.4. The van der Waals surface area contributed by atoms with Gasteiger partial charge in [0.05, 0.1) is 16.7 Å². The molecule has 1 aliphatic heterocycles. The number of fused-ring (bicyclic) bond motifs is 1. The molecule has 2 aliphatic rings. The second kappa shape index (κ2) is 8.59. The predicted octanol–water partition coefficient (Wildman–Crippen LogP) is 2.66. The molecule has 0 atom stereocenters. The molecule has 1 aromatic rings. The lowest BCUT2D eigenvalue weighted by Gasteiger charge is -2.33. The molecule has 7 nitrogen and oxygen atoms in total. The van der Waals surface area contributed by atoms with Crippen molar-refractivity contribution in [2.24, 2.45) is 5.92 Å². The maximum Gasteiger partial charge on any atom is 0.338 e. The Bertz CT molecular complexity index is 855. The van der Waals surface area contributed by atoms with E-state index in [0.29, 0.717) is 5.92 Å². The van der Waals surface area contributed by atoms with Crippen LogP contribution in [0.25, 0.3) is 0 Å². The summed E-state index contributed by atoms with van der Waals surface area (Å²) >= 11 is 0. The highest BCUT2D eigenvalue weighted by Gasteiger charge is 2.35. The number of ether oxygens (including phenoxy) is 1. The van der Waals surface area contributed by atoms with Gasteiger partial charge in [-0.05, 0) is 49.8 Å². The quantitative estimate of drug-likeness (QED) is 0.418. The van der Waals surface area contributed by atoms with E-state index >= 15 is 0 Å². The van der Waals surface area contributed by atoms with Crippen LogP contribution in [-0.4, -0.2) is 59.7 Å². The molecule has 0 N–H and O–H groups in total. The van der Waals surface area contributed by atoms with E-state index < -0.39 is 17.8 Å².